The summed E-state index contributed by atoms with van der Waals surface area (Å²) in [6.07, 6.45) is 11.3. The van der Waals surface area contributed by atoms with E-state index in [1.54, 1.807) is 26.2 Å². The van der Waals surface area contributed by atoms with Crippen LogP contribution < -0.4 is 10.1 Å². The van der Waals surface area contributed by atoms with E-state index in [0.717, 1.165) is 31.2 Å². The van der Waals surface area contributed by atoms with Crippen LogP contribution in [0.15, 0.2) is 33.7 Å². The highest BCUT2D eigenvalue weighted by molar-refractivity contribution is 7.89. The summed E-state index contributed by atoms with van der Waals surface area (Å²) in [6.45, 7) is 2.23. The monoisotopic (exact) mass is 501 g/mol. The van der Waals surface area contributed by atoms with Gasteiger partial charge in [-0.15, -0.1) is 0 Å². The van der Waals surface area contributed by atoms with E-state index in [-0.39, 0.29) is 28.5 Å². The van der Waals surface area contributed by atoms with Crippen molar-refractivity contribution in [2.45, 2.75) is 69.2 Å². The number of nitrogens with zero attached hydrogens (tertiary/aromatic N) is 2. The molecule has 4 rings (SSSR count). The fourth-order valence-electron chi connectivity index (χ4n) is 4.95. The molecule has 0 bridgehead atoms. The predicted octanol–water partition coefficient (Wildman–Crippen LogP) is 4.40. The highest BCUT2D eigenvalue weighted by Gasteiger charge is 2.36. The highest BCUT2D eigenvalue weighted by atomic mass is 32.2. The van der Waals surface area contributed by atoms with Gasteiger partial charge in [0.2, 0.25) is 15.9 Å². The number of carbonyl (C=O) groups is 1. The van der Waals surface area contributed by atoms with Crippen molar-refractivity contribution in [1.82, 2.24) is 14.8 Å². The molecule has 190 valence electrons. The highest BCUT2D eigenvalue weighted by Crippen LogP contribution is 2.30. The number of methoxy groups -OCH3 is 1. The lowest BCUT2D eigenvalue weighted by Crippen LogP contribution is -2.45. The maximum atomic E-state index is 13.5. The van der Waals surface area contributed by atoms with Crippen LogP contribution in [0.5, 0.6) is 5.75 Å². The molecule has 0 unspecified atom stereocenters. The van der Waals surface area contributed by atoms with Crippen molar-refractivity contribution in [3.63, 3.8) is 0 Å². The fourth-order valence-corrected chi connectivity index (χ4v) is 6.67. The van der Waals surface area contributed by atoms with Crippen molar-refractivity contribution >= 4 is 28.1 Å². The van der Waals surface area contributed by atoms with Gasteiger partial charge in [0.15, 0.2) is 10.7 Å². The van der Waals surface area contributed by atoms with E-state index >= 15 is 0 Å². The van der Waals surface area contributed by atoms with E-state index < -0.39 is 10.0 Å². The first-order chi connectivity index (χ1) is 16.9. The molecule has 1 aromatic carbocycles. The lowest BCUT2D eigenvalue weighted by Gasteiger charge is -2.31. The Morgan fingerprint density at radius 1 is 1.11 bits per heavy atom. The van der Waals surface area contributed by atoms with Crippen LogP contribution in [0, 0.1) is 12.8 Å². The number of hydrogen-bond acceptors (Lipinski definition) is 6. The Balaban J connectivity index is 1.42. The third-order valence-corrected chi connectivity index (χ3v) is 9.04. The Hall–Kier alpha value is -2.65. The molecule has 35 heavy (non-hydrogen) atoms. The Morgan fingerprint density at radius 3 is 2.51 bits per heavy atom. The van der Waals surface area contributed by atoms with Crippen LogP contribution in [0.1, 0.15) is 68.4 Å². The van der Waals surface area contributed by atoms with Crippen LogP contribution in [0.25, 0.3) is 12.2 Å². The van der Waals surface area contributed by atoms with E-state index in [0.29, 0.717) is 37.4 Å². The van der Waals surface area contributed by atoms with Gasteiger partial charge in [-0.05, 0) is 56.4 Å². The number of amides is 1. The normalized spacial score (nSPS) is 19.0. The van der Waals surface area contributed by atoms with Gasteiger partial charge in [-0.3, -0.25) is 4.79 Å². The van der Waals surface area contributed by atoms with Gasteiger partial charge in [0, 0.05) is 25.0 Å². The second-order valence-electron chi connectivity index (χ2n) is 9.45. The van der Waals surface area contributed by atoms with Crippen molar-refractivity contribution < 1.29 is 22.5 Å². The Kier molecular flexibility index (Phi) is 8.28. The van der Waals surface area contributed by atoms with Crippen molar-refractivity contribution in [3.05, 3.63) is 41.3 Å². The average Bonchev–Trinajstić information content (AvgIpc) is 3.06. The molecule has 8 nitrogen and oxygen atoms in total. The molecular weight excluding hydrogens is 466 g/mol. The maximum absolute atomic E-state index is 13.5. The van der Waals surface area contributed by atoms with Gasteiger partial charge in [-0.1, -0.05) is 49.0 Å². The van der Waals surface area contributed by atoms with Crippen molar-refractivity contribution in [1.29, 1.82) is 0 Å². The summed E-state index contributed by atoms with van der Waals surface area (Å²) in [5.41, 5.74) is 1.17. The van der Waals surface area contributed by atoms with Crippen LogP contribution >= 0.6 is 0 Å². The van der Waals surface area contributed by atoms with Gasteiger partial charge in [-0.25, -0.2) is 8.42 Å². The van der Waals surface area contributed by atoms with Crippen molar-refractivity contribution in [3.8, 4) is 5.75 Å². The summed E-state index contributed by atoms with van der Waals surface area (Å²) in [4.78, 5) is 12.9. The van der Waals surface area contributed by atoms with E-state index in [9.17, 15) is 13.2 Å². The summed E-state index contributed by atoms with van der Waals surface area (Å²) < 4.78 is 39.1. The third-order valence-electron chi connectivity index (χ3n) is 6.98. The number of aryl methyl sites for hydroxylation is 1. The smallest absolute Gasteiger partial charge is 0.248 e. The lowest BCUT2D eigenvalue weighted by molar-refractivity contribution is -0.126. The van der Waals surface area contributed by atoms with Crippen molar-refractivity contribution in [2.24, 2.45) is 5.92 Å². The minimum absolute atomic E-state index is 0.0667. The van der Waals surface area contributed by atoms with Crippen LogP contribution in [-0.4, -0.2) is 50.0 Å². The molecule has 2 aliphatic rings. The molecule has 1 saturated carbocycles. The third kappa shape index (κ3) is 6.13. The summed E-state index contributed by atoms with van der Waals surface area (Å²) in [5, 5.41) is 7.14. The van der Waals surface area contributed by atoms with E-state index in [1.807, 2.05) is 24.3 Å². The molecule has 9 heteroatoms. The summed E-state index contributed by atoms with van der Waals surface area (Å²) >= 11 is 0. The zero-order valence-electron chi connectivity index (χ0n) is 20.5. The van der Waals surface area contributed by atoms with Crippen LogP contribution in [0.3, 0.4) is 0 Å². The second kappa shape index (κ2) is 11.4. The van der Waals surface area contributed by atoms with Gasteiger partial charge in [-0.2, -0.15) is 4.31 Å². The molecule has 1 aliphatic carbocycles. The number of piperidine rings is 1. The number of ether oxygens (including phenoxy) is 1. The summed E-state index contributed by atoms with van der Waals surface area (Å²) in [5.74, 6) is 0.816. The van der Waals surface area contributed by atoms with Gasteiger partial charge in [0.05, 0.1) is 7.11 Å². The zero-order valence-corrected chi connectivity index (χ0v) is 21.4. The number of carbonyl (C=O) groups excluding carboxylic acids is 1. The number of rotatable bonds is 7. The van der Waals surface area contributed by atoms with Gasteiger partial charge >= 0.3 is 0 Å². The van der Waals surface area contributed by atoms with Crippen LogP contribution in [0.2, 0.25) is 0 Å². The minimum atomic E-state index is -3.81. The SMILES string of the molecule is COc1cccc(C=Cc2onc(C)c2S(=O)(=O)N2CCC(C(=O)NC3CCCCCC3)CC2)c1. The van der Waals surface area contributed by atoms with Crippen LogP contribution in [-0.2, 0) is 14.8 Å². The Morgan fingerprint density at radius 2 is 1.83 bits per heavy atom. The molecule has 1 saturated heterocycles. The molecule has 2 aromatic rings. The molecule has 0 radical (unpaired) electrons. The average molecular weight is 502 g/mol. The number of benzene rings is 1. The maximum Gasteiger partial charge on any atom is 0.248 e. The molecule has 0 atom stereocenters. The number of nitrogens with one attached hydrogen (secondary N) is 1. The van der Waals surface area contributed by atoms with Gasteiger partial charge < -0.3 is 14.6 Å². The predicted molar refractivity (Wildman–Crippen MR) is 134 cm³/mol. The van der Waals surface area contributed by atoms with Crippen LogP contribution in [0.4, 0.5) is 0 Å². The largest absolute Gasteiger partial charge is 0.497 e. The molecule has 1 N–H and O–H groups in total. The Labute approximate surface area is 207 Å². The summed E-state index contributed by atoms with van der Waals surface area (Å²) in [6, 6.07) is 7.69. The fraction of sp³-hybridized carbons (Fsp3) is 0.538. The molecule has 0 spiro atoms. The van der Waals surface area contributed by atoms with Gasteiger partial charge in [0.1, 0.15) is 11.4 Å². The number of hydrogen-bond donors (Lipinski definition) is 1. The van der Waals surface area contributed by atoms with E-state index in [4.69, 9.17) is 9.26 Å². The standard InChI is InChI=1S/C26H35N3O5S/c1-19-25(24(34-28-19)13-12-20-8-7-11-23(18-20)33-2)35(31,32)29-16-14-21(15-17-29)26(30)27-22-9-5-3-4-6-10-22/h7-8,11-13,18,21-22H,3-6,9-10,14-17H2,1-2H3,(H,27,30). The number of aromatic nitrogens is 1. The molecule has 2 fully saturated rings. The molecular formula is C26H35N3O5S. The lowest BCUT2D eigenvalue weighted by atomic mass is 9.96. The second-order valence-corrected chi connectivity index (χ2v) is 11.3. The first kappa shape index (κ1) is 25.4. The summed E-state index contributed by atoms with van der Waals surface area (Å²) in [7, 11) is -2.21. The molecule has 1 aliphatic heterocycles. The van der Waals surface area contributed by atoms with Crippen molar-refractivity contribution in [2.75, 3.05) is 20.2 Å². The first-order valence-corrected chi connectivity index (χ1v) is 13.9. The first-order valence-electron chi connectivity index (χ1n) is 12.5. The van der Waals surface area contributed by atoms with Gasteiger partial charge in [0.25, 0.3) is 0 Å². The topological polar surface area (TPSA) is 102 Å². The quantitative estimate of drug-likeness (QED) is 0.564. The zero-order chi connectivity index (χ0) is 24.8. The number of sulfonamides is 1. The molecule has 1 amide bonds. The van der Waals surface area contributed by atoms with E-state index in [2.05, 4.69) is 10.5 Å². The molecule has 1 aromatic heterocycles. The van der Waals surface area contributed by atoms with E-state index in [1.165, 1.54) is 17.1 Å². The molecule has 2 heterocycles. The minimum Gasteiger partial charge on any atom is -0.497 e. The Bertz CT molecular complexity index is 1140.